The lowest BCUT2D eigenvalue weighted by molar-refractivity contribution is 0.0744. The number of carbonyl (C=O) groups is 1. The number of aromatic nitrogens is 1. The van der Waals surface area contributed by atoms with Crippen LogP contribution in [-0.4, -0.2) is 36.2 Å². The fourth-order valence-electron chi connectivity index (χ4n) is 3.55. The molecular formula is C21H22N2O4. The number of amides is 1. The number of likely N-dealkylation sites (tertiary alicyclic amines) is 1. The SMILES string of the molecule is COc1ccc(C2CCCCN(C(=O)c3cc(-c4ccco4)on3)C2)cc1. The van der Waals surface area contributed by atoms with Gasteiger partial charge in [-0.1, -0.05) is 23.7 Å². The third-order valence-corrected chi connectivity index (χ3v) is 5.04. The van der Waals surface area contributed by atoms with Crippen LogP contribution < -0.4 is 4.74 Å². The van der Waals surface area contributed by atoms with E-state index in [2.05, 4.69) is 17.3 Å². The highest BCUT2D eigenvalue weighted by molar-refractivity contribution is 5.93. The predicted molar refractivity (Wildman–Crippen MR) is 99.7 cm³/mol. The molecule has 2 aromatic heterocycles. The molecule has 1 saturated heterocycles. The van der Waals surface area contributed by atoms with Crippen LogP contribution >= 0.6 is 0 Å². The van der Waals surface area contributed by atoms with Gasteiger partial charge in [0.2, 0.25) is 5.76 Å². The summed E-state index contributed by atoms with van der Waals surface area (Å²) in [5, 5.41) is 3.96. The fourth-order valence-corrected chi connectivity index (χ4v) is 3.55. The van der Waals surface area contributed by atoms with Gasteiger partial charge in [0.1, 0.15) is 5.75 Å². The van der Waals surface area contributed by atoms with Crippen molar-refractivity contribution in [1.82, 2.24) is 10.1 Å². The maximum Gasteiger partial charge on any atom is 0.276 e. The fraction of sp³-hybridized carbons (Fsp3) is 0.333. The molecule has 0 aliphatic carbocycles. The molecule has 1 atom stereocenters. The molecule has 1 aliphatic rings. The number of nitrogens with zero attached hydrogens (tertiary/aromatic N) is 2. The molecule has 3 heterocycles. The van der Waals surface area contributed by atoms with Crippen molar-refractivity contribution in [1.29, 1.82) is 0 Å². The Morgan fingerprint density at radius 1 is 1.19 bits per heavy atom. The molecule has 6 heteroatoms. The third kappa shape index (κ3) is 3.74. The number of benzene rings is 1. The average Bonchev–Trinajstić information content (AvgIpc) is 3.35. The monoisotopic (exact) mass is 366 g/mol. The smallest absolute Gasteiger partial charge is 0.276 e. The van der Waals surface area contributed by atoms with E-state index in [0.29, 0.717) is 29.7 Å². The average molecular weight is 366 g/mol. The molecule has 0 spiro atoms. The largest absolute Gasteiger partial charge is 0.497 e. The van der Waals surface area contributed by atoms with Gasteiger partial charge in [0.15, 0.2) is 11.5 Å². The molecule has 0 N–H and O–H groups in total. The van der Waals surface area contributed by atoms with Crippen LogP contribution in [0.2, 0.25) is 0 Å². The maximum absolute atomic E-state index is 13.0. The summed E-state index contributed by atoms with van der Waals surface area (Å²) in [7, 11) is 1.66. The van der Waals surface area contributed by atoms with Gasteiger partial charge < -0.3 is 18.6 Å². The van der Waals surface area contributed by atoms with Crippen molar-refractivity contribution in [2.75, 3.05) is 20.2 Å². The lowest BCUT2D eigenvalue weighted by Crippen LogP contribution is -2.34. The summed E-state index contributed by atoms with van der Waals surface area (Å²) in [5.74, 6) is 2.07. The minimum Gasteiger partial charge on any atom is -0.497 e. The molecule has 1 aromatic carbocycles. The molecule has 140 valence electrons. The van der Waals surface area contributed by atoms with Gasteiger partial charge in [-0.2, -0.15) is 0 Å². The molecule has 1 amide bonds. The predicted octanol–water partition coefficient (Wildman–Crippen LogP) is 4.35. The summed E-state index contributed by atoms with van der Waals surface area (Å²) in [6, 6.07) is 13.3. The van der Waals surface area contributed by atoms with Gasteiger partial charge in [-0.15, -0.1) is 0 Å². The van der Waals surface area contributed by atoms with Crippen LogP contribution in [0.4, 0.5) is 0 Å². The van der Waals surface area contributed by atoms with E-state index in [1.807, 2.05) is 17.0 Å². The Morgan fingerprint density at radius 3 is 2.78 bits per heavy atom. The highest BCUT2D eigenvalue weighted by Gasteiger charge is 2.26. The van der Waals surface area contributed by atoms with Crippen molar-refractivity contribution in [3.05, 3.63) is 60.0 Å². The van der Waals surface area contributed by atoms with E-state index in [4.69, 9.17) is 13.7 Å². The lowest BCUT2D eigenvalue weighted by atomic mass is 9.94. The molecular weight excluding hydrogens is 344 g/mol. The van der Waals surface area contributed by atoms with Crippen LogP contribution in [0.1, 0.15) is 41.2 Å². The maximum atomic E-state index is 13.0. The van der Waals surface area contributed by atoms with Gasteiger partial charge >= 0.3 is 0 Å². The molecule has 1 fully saturated rings. The number of furan rings is 1. The third-order valence-electron chi connectivity index (χ3n) is 5.04. The summed E-state index contributed by atoms with van der Waals surface area (Å²) in [6.07, 6.45) is 4.71. The Balaban J connectivity index is 1.50. The number of carbonyl (C=O) groups excluding carboxylic acids is 1. The van der Waals surface area contributed by atoms with Crippen molar-refractivity contribution in [2.45, 2.75) is 25.2 Å². The molecule has 0 radical (unpaired) electrons. The topological polar surface area (TPSA) is 68.7 Å². The number of ether oxygens (including phenoxy) is 1. The zero-order valence-corrected chi connectivity index (χ0v) is 15.3. The second kappa shape index (κ2) is 7.70. The van der Waals surface area contributed by atoms with Gasteiger partial charge in [-0.05, 0) is 42.7 Å². The Morgan fingerprint density at radius 2 is 2.04 bits per heavy atom. The first-order valence-electron chi connectivity index (χ1n) is 9.18. The van der Waals surface area contributed by atoms with Crippen LogP contribution in [0.15, 0.2) is 57.7 Å². The van der Waals surface area contributed by atoms with Crippen LogP contribution in [-0.2, 0) is 0 Å². The zero-order valence-electron chi connectivity index (χ0n) is 15.3. The van der Waals surface area contributed by atoms with Crippen LogP contribution in [0, 0.1) is 0 Å². The van der Waals surface area contributed by atoms with Gasteiger partial charge in [0.25, 0.3) is 5.91 Å². The molecule has 0 bridgehead atoms. The molecule has 1 aliphatic heterocycles. The van der Waals surface area contributed by atoms with Crippen LogP contribution in [0.3, 0.4) is 0 Å². The quantitative estimate of drug-likeness (QED) is 0.686. The van der Waals surface area contributed by atoms with Gasteiger partial charge in [0.05, 0.1) is 13.4 Å². The number of hydrogen-bond acceptors (Lipinski definition) is 5. The molecule has 6 nitrogen and oxygen atoms in total. The van der Waals surface area contributed by atoms with Gasteiger partial charge in [-0.3, -0.25) is 4.79 Å². The van der Waals surface area contributed by atoms with Crippen molar-refractivity contribution in [3.8, 4) is 17.3 Å². The Labute approximate surface area is 157 Å². The van der Waals surface area contributed by atoms with E-state index in [-0.39, 0.29) is 5.91 Å². The second-order valence-electron chi connectivity index (χ2n) is 6.77. The lowest BCUT2D eigenvalue weighted by Gasteiger charge is -2.24. The zero-order chi connectivity index (χ0) is 18.6. The molecule has 0 saturated carbocycles. The molecule has 27 heavy (non-hydrogen) atoms. The Kier molecular flexibility index (Phi) is 4.96. The minimum atomic E-state index is -0.100. The first-order valence-corrected chi connectivity index (χ1v) is 9.18. The van der Waals surface area contributed by atoms with Crippen LogP contribution in [0.5, 0.6) is 5.75 Å². The molecule has 1 unspecified atom stereocenters. The van der Waals surface area contributed by atoms with Crippen molar-refractivity contribution in [2.24, 2.45) is 0 Å². The van der Waals surface area contributed by atoms with E-state index in [0.717, 1.165) is 31.6 Å². The normalized spacial score (nSPS) is 17.5. The second-order valence-corrected chi connectivity index (χ2v) is 6.77. The van der Waals surface area contributed by atoms with E-state index < -0.39 is 0 Å². The first-order chi connectivity index (χ1) is 13.2. The minimum absolute atomic E-state index is 0.100. The van der Waals surface area contributed by atoms with Gasteiger partial charge in [0, 0.05) is 25.1 Å². The summed E-state index contributed by atoms with van der Waals surface area (Å²) >= 11 is 0. The standard InChI is InChI=1S/C21H22N2O4/c1-25-17-9-7-15(8-10-17)16-5-2-3-11-23(14-16)21(24)18-13-20(27-22-18)19-6-4-12-26-19/h4,6-10,12-13,16H,2-3,5,11,14H2,1H3. The Hall–Kier alpha value is -3.02. The number of methoxy groups -OCH3 is 1. The van der Waals surface area contributed by atoms with E-state index >= 15 is 0 Å². The van der Waals surface area contributed by atoms with Crippen molar-refractivity contribution < 1.29 is 18.5 Å². The highest BCUT2D eigenvalue weighted by Crippen LogP contribution is 2.29. The van der Waals surface area contributed by atoms with Crippen molar-refractivity contribution >= 4 is 5.91 Å². The van der Waals surface area contributed by atoms with E-state index in [1.165, 1.54) is 5.56 Å². The highest BCUT2D eigenvalue weighted by atomic mass is 16.5. The molecule has 4 rings (SSSR count). The molecule has 3 aromatic rings. The van der Waals surface area contributed by atoms with E-state index in [1.54, 1.807) is 31.6 Å². The van der Waals surface area contributed by atoms with Crippen LogP contribution in [0.25, 0.3) is 11.5 Å². The summed E-state index contributed by atoms with van der Waals surface area (Å²) in [6.45, 7) is 1.41. The first kappa shape index (κ1) is 17.4. The van der Waals surface area contributed by atoms with Crippen molar-refractivity contribution in [3.63, 3.8) is 0 Å². The van der Waals surface area contributed by atoms with E-state index in [9.17, 15) is 4.79 Å². The van der Waals surface area contributed by atoms with Gasteiger partial charge in [-0.25, -0.2) is 0 Å². The number of rotatable bonds is 4. The summed E-state index contributed by atoms with van der Waals surface area (Å²) < 4.78 is 15.8. The Bertz CT molecular complexity index is 883. The summed E-state index contributed by atoms with van der Waals surface area (Å²) in [5.41, 5.74) is 1.55. The summed E-state index contributed by atoms with van der Waals surface area (Å²) in [4.78, 5) is 14.8. The number of hydrogen-bond donors (Lipinski definition) is 0.